The Hall–Kier alpha value is -4.21. The Kier molecular flexibility index (Phi) is 5.54. The van der Waals surface area contributed by atoms with Gasteiger partial charge in [-0.15, -0.1) is 0 Å². The van der Waals surface area contributed by atoms with Crippen molar-refractivity contribution in [1.29, 1.82) is 0 Å². The van der Waals surface area contributed by atoms with E-state index in [-0.39, 0.29) is 12.3 Å². The number of ether oxygens (including phenoxy) is 1. The van der Waals surface area contributed by atoms with E-state index in [1.165, 1.54) is 12.2 Å². The second-order valence-corrected chi connectivity index (χ2v) is 5.76. The standard InChI is InChI=1S/C19H15N3O7/c1-2-28-18(24)12-5-3-11(4-6-12)15-10-8-13(29-15)7-9-14-16(22(26)27)17(23)21-19(25)20-14/h3-10H,2H2,1H3,(H2,20,21,23,25)/b9-7-. The molecule has 10 nitrogen and oxygen atoms in total. The highest BCUT2D eigenvalue weighted by atomic mass is 16.6. The summed E-state index contributed by atoms with van der Waals surface area (Å²) in [6, 6.07) is 9.89. The summed E-state index contributed by atoms with van der Waals surface area (Å²) in [6.07, 6.45) is 2.59. The number of rotatable bonds is 6. The van der Waals surface area contributed by atoms with Crippen molar-refractivity contribution in [1.82, 2.24) is 9.97 Å². The molecule has 148 valence electrons. The van der Waals surface area contributed by atoms with E-state index in [2.05, 4.69) is 4.98 Å². The summed E-state index contributed by atoms with van der Waals surface area (Å²) in [7, 11) is 0. The van der Waals surface area contributed by atoms with Crippen LogP contribution in [0.25, 0.3) is 23.5 Å². The minimum Gasteiger partial charge on any atom is -0.462 e. The van der Waals surface area contributed by atoms with Crippen molar-refractivity contribution in [3.8, 4) is 11.3 Å². The molecule has 29 heavy (non-hydrogen) atoms. The third-order valence-electron chi connectivity index (χ3n) is 3.85. The Morgan fingerprint density at radius 1 is 1.14 bits per heavy atom. The van der Waals surface area contributed by atoms with Crippen molar-refractivity contribution in [2.45, 2.75) is 6.92 Å². The molecule has 0 aliphatic rings. The number of nitrogens with one attached hydrogen (secondary N) is 2. The summed E-state index contributed by atoms with van der Waals surface area (Å²) in [4.78, 5) is 48.9. The van der Waals surface area contributed by atoms with Gasteiger partial charge in [0.15, 0.2) is 0 Å². The fourth-order valence-corrected chi connectivity index (χ4v) is 2.55. The van der Waals surface area contributed by atoms with E-state index in [1.54, 1.807) is 48.3 Å². The Morgan fingerprint density at radius 3 is 2.52 bits per heavy atom. The van der Waals surface area contributed by atoms with Crippen LogP contribution in [-0.4, -0.2) is 27.5 Å². The summed E-state index contributed by atoms with van der Waals surface area (Å²) in [6.45, 7) is 2.01. The Morgan fingerprint density at radius 2 is 1.86 bits per heavy atom. The van der Waals surface area contributed by atoms with Crippen LogP contribution in [0.15, 0.2) is 50.4 Å². The van der Waals surface area contributed by atoms with Crippen molar-refractivity contribution in [3.63, 3.8) is 0 Å². The first-order valence-electron chi connectivity index (χ1n) is 8.45. The quantitative estimate of drug-likeness (QED) is 0.369. The largest absolute Gasteiger partial charge is 0.462 e. The van der Waals surface area contributed by atoms with E-state index in [4.69, 9.17) is 9.15 Å². The van der Waals surface area contributed by atoms with Crippen molar-refractivity contribution in [2.75, 3.05) is 6.61 Å². The van der Waals surface area contributed by atoms with Gasteiger partial charge in [-0.05, 0) is 43.3 Å². The molecule has 0 amide bonds. The second-order valence-electron chi connectivity index (χ2n) is 5.76. The first kappa shape index (κ1) is 19.5. The molecule has 2 N–H and O–H groups in total. The normalized spacial score (nSPS) is 10.9. The van der Waals surface area contributed by atoms with Gasteiger partial charge < -0.3 is 14.1 Å². The van der Waals surface area contributed by atoms with Crippen LogP contribution in [0.3, 0.4) is 0 Å². The lowest BCUT2D eigenvalue weighted by molar-refractivity contribution is -0.386. The van der Waals surface area contributed by atoms with Crippen LogP contribution in [0.2, 0.25) is 0 Å². The molecule has 0 saturated heterocycles. The van der Waals surface area contributed by atoms with Gasteiger partial charge in [-0.1, -0.05) is 12.1 Å². The summed E-state index contributed by atoms with van der Waals surface area (Å²) < 4.78 is 10.6. The van der Waals surface area contributed by atoms with Gasteiger partial charge in [-0.3, -0.25) is 19.9 Å². The SMILES string of the molecule is CCOC(=O)c1ccc(-c2ccc(/C=C\c3[nH]c(=O)[nH]c(=O)c3[N+](=O)[O-])o2)cc1. The van der Waals surface area contributed by atoms with E-state index in [0.717, 1.165) is 0 Å². The van der Waals surface area contributed by atoms with Gasteiger partial charge in [0.25, 0.3) is 0 Å². The number of esters is 1. The van der Waals surface area contributed by atoms with Gasteiger partial charge in [-0.25, -0.2) is 9.59 Å². The number of hydrogen-bond donors (Lipinski definition) is 2. The summed E-state index contributed by atoms with van der Waals surface area (Å²) in [5, 5.41) is 11.0. The predicted octanol–water partition coefficient (Wildman–Crippen LogP) is 2.58. The zero-order valence-electron chi connectivity index (χ0n) is 15.1. The summed E-state index contributed by atoms with van der Waals surface area (Å²) in [5.74, 6) is 0.411. The van der Waals surface area contributed by atoms with E-state index in [9.17, 15) is 24.5 Å². The van der Waals surface area contributed by atoms with Crippen LogP contribution < -0.4 is 11.2 Å². The number of aromatic amines is 2. The Balaban J connectivity index is 1.85. The van der Waals surface area contributed by atoms with E-state index < -0.39 is 27.8 Å². The number of aromatic nitrogens is 2. The zero-order valence-corrected chi connectivity index (χ0v) is 15.1. The predicted molar refractivity (Wildman–Crippen MR) is 103 cm³/mol. The van der Waals surface area contributed by atoms with Crippen LogP contribution in [-0.2, 0) is 4.74 Å². The van der Waals surface area contributed by atoms with Crippen LogP contribution in [0.5, 0.6) is 0 Å². The van der Waals surface area contributed by atoms with Crippen molar-refractivity contribution < 1.29 is 18.9 Å². The van der Waals surface area contributed by atoms with Crippen LogP contribution in [0.4, 0.5) is 5.69 Å². The minimum atomic E-state index is -1.10. The average Bonchev–Trinajstić information content (AvgIpc) is 3.15. The minimum absolute atomic E-state index is 0.250. The molecule has 10 heteroatoms. The number of furan rings is 1. The molecule has 0 aliphatic heterocycles. The lowest BCUT2D eigenvalue weighted by atomic mass is 10.1. The average molecular weight is 397 g/mol. The highest BCUT2D eigenvalue weighted by Crippen LogP contribution is 2.24. The van der Waals surface area contributed by atoms with Gasteiger partial charge in [-0.2, -0.15) is 0 Å². The lowest BCUT2D eigenvalue weighted by Gasteiger charge is -2.02. The monoisotopic (exact) mass is 397 g/mol. The molecule has 3 rings (SSSR count). The third kappa shape index (κ3) is 4.38. The molecule has 0 spiro atoms. The fraction of sp³-hybridized carbons (Fsp3) is 0.105. The van der Waals surface area contributed by atoms with E-state index in [1.807, 2.05) is 0 Å². The lowest BCUT2D eigenvalue weighted by Crippen LogP contribution is -2.25. The number of hydrogen-bond acceptors (Lipinski definition) is 7. The van der Waals surface area contributed by atoms with Gasteiger partial charge in [0.05, 0.1) is 17.1 Å². The van der Waals surface area contributed by atoms with E-state index in [0.29, 0.717) is 22.6 Å². The molecule has 2 aromatic heterocycles. The number of H-pyrrole nitrogens is 2. The van der Waals surface area contributed by atoms with Crippen molar-refractivity contribution in [3.05, 3.63) is 84.4 Å². The number of nitro groups is 1. The van der Waals surface area contributed by atoms with Gasteiger partial charge in [0.1, 0.15) is 17.2 Å². The van der Waals surface area contributed by atoms with Crippen molar-refractivity contribution in [2.24, 2.45) is 0 Å². The molecular weight excluding hydrogens is 382 g/mol. The summed E-state index contributed by atoms with van der Waals surface area (Å²) >= 11 is 0. The number of benzene rings is 1. The number of carbonyl (C=O) groups is 1. The van der Waals surface area contributed by atoms with Gasteiger partial charge >= 0.3 is 22.9 Å². The highest BCUT2D eigenvalue weighted by Gasteiger charge is 2.19. The highest BCUT2D eigenvalue weighted by molar-refractivity contribution is 5.90. The maximum absolute atomic E-state index is 11.7. The molecule has 0 bridgehead atoms. The molecule has 2 heterocycles. The maximum atomic E-state index is 11.7. The molecule has 0 unspecified atom stereocenters. The molecule has 0 fully saturated rings. The molecule has 1 aromatic carbocycles. The molecule has 0 aliphatic carbocycles. The summed E-state index contributed by atoms with van der Waals surface area (Å²) in [5.41, 5.74) is -1.87. The fourth-order valence-electron chi connectivity index (χ4n) is 2.55. The smallest absolute Gasteiger partial charge is 0.357 e. The Bertz CT molecular complexity index is 1200. The topological polar surface area (TPSA) is 148 Å². The first-order valence-corrected chi connectivity index (χ1v) is 8.45. The zero-order chi connectivity index (χ0) is 21.0. The van der Waals surface area contributed by atoms with Crippen LogP contribution >= 0.6 is 0 Å². The van der Waals surface area contributed by atoms with Gasteiger partial charge in [0, 0.05) is 5.56 Å². The molecular formula is C19H15N3O7. The van der Waals surface area contributed by atoms with E-state index >= 15 is 0 Å². The molecule has 0 saturated carbocycles. The maximum Gasteiger partial charge on any atom is 0.357 e. The molecule has 0 radical (unpaired) electrons. The number of carbonyl (C=O) groups excluding carboxylic acids is 1. The third-order valence-corrected chi connectivity index (χ3v) is 3.85. The van der Waals surface area contributed by atoms with Crippen molar-refractivity contribution >= 4 is 23.8 Å². The van der Waals surface area contributed by atoms with Gasteiger partial charge in [0.2, 0.25) is 0 Å². The second kappa shape index (κ2) is 8.21. The molecule has 3 aromatic rings. The van der Waals surface area contributed by atoms with Crippen LogP contribution in [0, 0.1) is 10.1 Å². The first-order chi connectivity index (χ1) is 13.9. The Labute approximate surface area is 162 Å². The van der Waals surface area contributed by atoms with Crippen LogP contribution in [0.1, 0.15) is 28.7 Å². The number of nitrogens with zero attached hydrogens (tertiary/aromatic N) is 1. The molecule has 0 atom stereocenters.